The fourth-order valence-corrected chi connectivity index (χ4v) is 2.32. The van der Waals surface area contributed by atoms with Crippen molar-refractivity contribution in [2.24, 2.45) is 0 Å². The van der Waals surface area contributed by atoms with Gasteiger partial charge in [-0.3, -0.25) is 0 Å². The van der Waals surface area contributed by atoms with Crippen LogP contribution in [0.3, 0.4) is 0 Å². The van der Waals surface area contributed by atoms with E-state index >= 15 is 0 Å². The highest BCUT2D eigenvalue weighted by molar-refractivity contribution is 5.84. The lowest BCUT2D eigenvalue weighted by Crippen LogP contribution is -1.96. The lowest BCUT2D eigenvalue weighted by molar-refractivity contribution is 0.415. The summed E-state index contributed by atoms with van der Waals surface area (Å²) >= 11 is 0. The van der Waals surface area contributed by atoms with Gasteiger partial charge in [0.2, 0.25) is 5.88 Å². The number of benzene rings is 2. The maximum absolute atomic E-state index is 5.57. The Morgan fingerprint density at radius 2 is 1.85 bits per heavy atom. The first-order valence-electron chi connectivity index (χ1n) is 6.47. The number of methoxy groups -OCH3 is 1. The van der Waals surface area contributed by atoms with Crippen LogP contribution in [0.5, 0.6) is 5.75 Å². The van der Waals surface area contributed by atoms with E-state index in [0.717, 1.165) is 16.8 Å². The second-order valence-corrected chi connectivity index (χ2v) is 4.85. The van der Waals surface area contributed by atoms with Gasteiger partial charge in [0.1, 0.15) is 5.75 Å². The van der Waals surface area contributed by atoms with Gasteiger partial charge in [0.25, 0.3) is 0 Å². The number of nitrogen functional groups attached to an aromatic ring is 1. The van der Waals surface area contributed by atoms with Gasteiger partial charge in [0.05, 0.1) is 12.8 Å². The van der Waals surface area contributed by atoms with E-state index in [2.05, 4.69) is 36.3 Å². The number of ether oxygens (including phenoxy) is 1. The Hall–Kier alpha value is -2.49. The van der Waals surface area contributed by atoms with Crippen LogP contribution in [0.25, 0.3) is 10.8 Å². The van der Waals surface area contributed by atoms with Gasteiger partial charge in [0, 0.05) is 12.0 Å². The van der Waals surface area contributed by atoms with E-state index in [1.54, 1.807) is 13.2 Å². The molecule has 0 bridgehead atoms. The first-order valence-corrected chi connectivity index (χ1v) is 6.47. The number of aromatic nitrogens is 1. The van der Waals surface area contributed by atoms with Gasteiger partial charge in [-0.15, -0.1) is 0 Å². The van der Waals surface area contributed by atoms with Crippen molar-refractivity contribution in [3.63, 3.8) is 0 Å². The minimum atomic E-state index is 0.141. The molecular weight excluding hydrogens is 252 g/mol. The first kappa shape index (κ1) is 12.5. The average Bonchev–Trinajstić information content (AvgIpc) is 2.92. The minimum Gasteiger partial charge on any atom is -0.497 e. The molecule has 3 rings (SSSR count). The zero-order valence-corrected chi connectivity index (χ0v) is 11.5. The molecule has 0 saturated heterocycles. The molecule has 4 nitrogen and oxygen atoms in total. The van der Waals surface area contributed by atoms with Crippen molar-refractivity contribution < 1.29 is 9.26 Å². The highest BCUT2D eigenvalue weighted by atomic mass is 16.5. The molecule has 1 aromatic heterocycles. The largest absolute Gasteiger partial charge is 0.497 e. The zero-order valence-electron chi connectivity index (χ0n) is 11.5. The van der Waals surface area contributed by atoms with E-state index < -0.39 is 0 Å². The third-order valence-electron chi connectivity index (χ3n) is 3.56. The number of rotatable bonds is 3. The molecule has 0 amide bonds. The molecular formula is C16H16N2O2. The molecule has 0 radical (unpaired) electrons. The number of nitrogens with two attached hydrogens (primary N) is 1. The third-order valence-corrected chi connectivity index (χ3v) is 3.56. The van der Waals surface area contributed by atoms with Crippen molar-refractivity contribution in [2.75, 3.05) is 12.8 Å². The van der Waals surface area contributed by atoms with Crippen molar-refractivity contribution >= 4 is 16.7 Å². The minimum absolute atomic E-state index is 0.141. The Bertz CT molecular complexity index is 749. The van der Waals surface area contributed by atoms with Crippen LogP contribution < -0.4 is 10.5 Å². The lowest BCUT2D eigenvalue weighted by Gasteiger charge is -2.10. The standard InChI is InChI=1S/C16H16N2O2/c1-10(15-9-16(17)20-18-15)11-3-4-13-8-14(19-2)6-5-12(13)7-11/h3-10H,17H2,1-2H3. The predicted molar refractivity (Wildman–Crippen MR) is 78.9 cm³/mol. The highest BCUT2D eigenvalue weighted by Crippen LogP contribution is 2.28. The highest BCUT2D eigenvalue weighted by Gasteiger charge is 2.13. The van der Waals surface area contributed by atoms with Gasteiger partial charge >= 0.3 is 0 Å². The molecule has 102 valence electrons. The van der Waals surface area contributed by atoms with E-state index in [4.69, 9.17) is 15.0 Å². The summed E-state index contributed by atoms with van der Waals surface area (Å²) in [5.74, 6) is 1.35. The predicted octanol–water partition coefficient (Wildman–Crippen LogP) is 3.57. The summed E-state index contributed by atoms with van der Waals surface area (Å²) in [7, 11) is 1.67. The summed E-state index contributed by atoms with van der Waals surface area (Å²) in [6, 6.07) is 14.2. The van der Waals surface area contributed by atoms with E-state index in [1.807, 2.05) is 12.1 Å². The Labute approximate surface area is 117 Å². The number of nitrogens with zero attached hydrogens (tertiary/aromatic N) is 1. The van der Waals surface area contributed by atoms with Crippen LogP contribution in [0.2, 0.25) is 0 Å². The molecule has 0 aliphatic heterocycles. The first-order chi connectivity index (χ1) is 9.67. The molecule has 3 aromatic rings. The van der Waals surface area contributed by atoms with Crippen molar-refractivity contribution in [1.82, 2.24) is 5.16 Å². The van der Waals surface area contributed by atoms with Crippen molar-refractivity contribution in [1.29, 1.82) is 0 Å². The van der Waals surface area contributed by atoms with Crippen molar-refractivity contribution in [2.45, 2.75) is 12.8 Å². The molecule has 20 heavy (non-hydrogen) atoms. The number of hydrogen-bond donors (Lipinski definition) is 1. The Balaban J connectivity index is 2.00. The van der Waals surface area contributed by atoms with Crippen LogP contribution in [0.15, 0.2) is 47.0 Å². The van der Waals surface area contributed by atoms with Gasteiger partial charge in [-0.1, -0.05) is 36.3 Å². The summed E-state index contributed by atoms with van der Waals surface area (Å²) in [5.41, 5.74) is 7.59. The van der Waals surface area contributed by atoms with E-state index in [1.165, 1.54) is 10.9 Å². The van der Waals surface area contributed by atoms with Crippen molar-refractivity contribution in [3.05, 3.63) is 53.7 Å². The monoisotopic (exact) mass is 268 g/mol. The van der Waals surface area contributed by atoms with Gasteiger partial charge in [-0.25, -0.2) is 0 Å². The molecule has 0 saturated carbocycles. The molecule has 1 unspecified atom stereocenters. The van der Waals surface area contributed by atoms with E-state index in [0.29, 0.717) is 5.88 Å². The molecule has 0 aliphatic carbocycles. The normalized spacial score (nSPS) is 12.5. The molecule has 1 heterocycles. The molecule has 1 atom stereocenters. The van der Waals surface area contributed by atoms with Crippen LogP contribution in [-0.2, 0) is 0 Å². The summed E-state index contributed by atoms with van der Waals surface area (Å²) in [6.45, 7) is 2.09. The maximum Gasteiger partial charge on any atom is 0.222 e. The molecule has 0 fully saturated rings. The van der Waals surface area contributed by atoms with E-state index in [-0.39, 0.29) is 5.92 Å². The summed E-state index contributed by atoms with van der Waals surface area (Å²) in [6.07, 6.45) is 0. The smallest absolute Gasteiger partial charge is 0.222 e. The fourth-order valence-electron chi connectivity index (χ4n) is 2.32. The van der Waals surface area contributed by atoms with Crippen molar-refractivity contribution in [3.8, 4) is 5.75 Å². The molecule has 2 aromatic carbocycles. The maximum atomic E-state index is 5.57. The van der Waals surface area contributed by atoms with Gasteiger partial charge in [-0.05, 0) is 28.5 Å². The summed E-state index contributed by atoms with van der Waals surface area (Å²) in [4.78, 5) is 0. The second kappa shape index (κ2) is 4.89. The lowest BCUT2D eigenvalue weighted by atomic mass is 9.95. The zero-order chi connectivity index (χ0) is 14.1. The number of fused-ring (bicyclic) bond motifs is 1. The fraction of sp³-hybridized carbons (Fsp3) is 0.188. The number of hydrogen-bond acceptors (Lipinski definition) is 4. The van der Waals surface area contributed by atoms with Gasteiger partial charge < -0.3 is 15.0 Å². The second-order valence-electron chi connectivity index (χ2n) is 4.85. The van der Waals surface area contributed by atoms with Gasteiger partial charge in [-0.2, -0.15) is 0 Å². The van der Waals surface area contributed by atoms with Crippen LogP contribution >= 0.6 is 0 Å². The quantitative estimate of drug-likeness (QED) is 0.788. The Kier molecular flexibility index (Phi) is 3.06. The molecule has 0 aliphatic rings. The van der Waals surface area contributed by atoms with Gasteiger partial charge in [0.15, 0.2) is 0 Å². The molecule has 4 heteroatoms. The molecule has 2 N–H and O–H groups in total. The van der Waals surface area contributed by atoms with Crippen LogP contribution in [0.1, 0.15) is 24.1 Å². The third kappa shape index (κ3) is 2.20. The summed E-state index contributed by atoms with van der Waals surface area (Å²) in [5, 5.41) is 6.31. The summed E-state index contributed by atoms with van der Waals surface area (Å²) < 4.78 is 10.2. The van der Waals surface area contributed by atoms with E-state index in [9.17, 15) is 0 Å². The SMILES string of the molecule is COc1ccc2cc(C(C)c3cc(N)on3)ccc2c1. The Morgan fingerprint density at radius 3 is 2.55 bits per heavy atom. The Morgan fingerprint density at radius 1 is 1.10 bits per heavy atom. The number of anilines is 1. The van der Waals surface area contributed by atoms with Crippen LogP contribution in [-0.4, -0.2) is 12.3 Å². The molecule has 0 spiro atoms. The topological polar surface area (TPSA) is 61.3 Å². The van der Waals surface area contributed by atoms with Crippen LogP contribution in [0, 0.1) is 0 Å². The van der Waals surface area contributed by atoms with Crippen LogP contribution in [0.4, 0.5) is 5.88 Å². The average molecular weight is 268 g/mol.